The van der Waals surface area contributed by atoms with E-state index in [4.69, 9.17) is 0 Å². The topological polar surface area (TPSA) is 93.0 Å². The van der Waals surface area contributed by atoms with Crippen molar-refractivity contribution in [1.82, 2.24) is 20.6 Å². The zero-order valence-corrected chi connectivity index (χ0v) is 27.6. The van der Waals surface area contributed by atoms with E-state index < -0.39 is 0 Å². The number of rotatable bonds is 17. The van der Waals surface area contributed by atoms with E-state index in [0.717, 1.165) is 46.6 Å². The van der Waals surface area contributed by atoms with E-state index >= 15 is 0 Å². The summed E-state index contributed by atoms with van der Waals surface area (Å²) in [5.74, 6) is 1.74. The minimum atomic E-state index is -0.353. The summed E-state index contributed by atoms with van der Waals surface area (Å²) in [5.41, 5.74) is 5.89. The van der Waals surface area contributed by atoms with Crippen LogP contribution in [0.2, 0.25) is 0 Å². The first-order valence-electron chi connectivity index (χ1n) is 15.3. The predicted octanol–water partition coefficient (Wildman–Crippen LogP) is 8.10. The van der Waals surface area contributed by atoms with Gasteiger partial charge in [-0.05, 0) is 51.8 Å². The zero-order chi connectivity index (χ0) is 32.0. The molecule has 0 aliphatic carbocycles. The molecule has 2 N–H and O–H groups in total. The number of pyridine rings is 2. The molecule has 9 heteroatoms. The van der Waals surface area contributed by atoms with Crippen molar-refractivity contribution in [2.45, 2.75) is 48.0 Å². The van der Waals surface area contributed by atoms with Crippen LogP contribution in [0.5, 0.6) is 0 Å². The lowest BCUT2D eigenvalue weighted by Gasteiger charge is -2.31. The third-order valence-corrected chi connectivity index (χ3v) is 9.89. The Kier molecular flexibility index (Phi) is 12.4. The summed E-state index contributed by atoms with van der Waals surface area (Å²) in [6, 6.07) is 36.1. The van der Waals surface area contributed by atoms with Gasteiger partial charge in [-0.15, -0.1) is 23.5 Å². The molecule has 2 heterocycles. The second kappa shape index (κ2) is 17.1. The van der Waals surface area contributed by atoms with E-state index in [1.807, 2.05) is 48.8 Å². The monoisotopic (exact) mass is 649 g/mol. The van der Waals surface area contributed by atoms with Crippen molar-refractivity contribution in [2.24, 2.45) is 5.41 Å². The second-order valence-corrected chi connectivity index (χ2v) is 13.5. The summed E-state index contributed by atoms with van der Waals surface area (Å²) in [6.07, 6.45) is 4.46. The molecule has 0 aliphatic heterocycles. The molecule has 236 valence electrons. The Morgan fingerprint density at radius 1 is 0.652 bits per heavy atom. The van der Waals surface area contributed by atoms with Gasteiger partial charge in [-0.1, -0.05) is 91.9 Å². The quantitative estimate of drug-likeness (QED) is 0.0593. The average Bonchev–Trinajstić information content (AvgIpc) is 3.08. The number of nitrogens with one attached hydrogen (secondary N) is 2. The fraction of sp³-hybridized carbons (Fsp3) is 0.243. The molecule has 0 fully saturated rings. The van der Waals surface area contributed by atoms with Gasteiger partial charge in [0.15, 0.2) is 0 Å². The molecule has 5 rings (SSSR count). The lowest BCUT2D eigenvalue weighted by molar-refractivity contribution is -0.384. The highest BCUT2D eigenvalue weighted by atomic mass is 32.2. The lowest BCUT2D eigenvalue weighted by Crippen LogP contribution is -2.41. The van der Waals surface area contributed by atoms with Crippen molar-refractivity contribution in [3.8, 4) is 0 Å². The number of non-ortho nitro benzene ring substituents is 1. The highest BCUT2D eigenvalue weighted by Gasteiger charge is 2.25. The molecule has 46 heavy (non-hydrogen) atoms. The normalized spacial score (nSPS) is 11.4. The number of nitrogens with zero attached hydrogens (tertiary/aromatic N) is 3. The van der Waals surface area contributed by atoms with Crippen LogP contribution in [0.3, 0.4) is 0 Å². The Bertz CT molecular complexity index is 1580. The number of benzene rings is 3. The van der Waals surface area contributed by atoms with Crippen LogP contribution in [0.25, 0.3) is 0 Å². The highest BCUT2D eigenvalue weighted by molar-refractivity contribution is 7.98. The smallest absolute Gasteiger partial charge is 0.269 e. The number of nitro groups is 1. The van der Waals surface area contributed by atoms with E-state index in [2.05, 4.69) is 88.2 Å². The van der Waals surface area contributed by atoms with Gasteiger partial charge < -0.3 is 10.6 Å². The Morgan fingerprint density at radius 2 is 1.13 bits per heavy atom. The second-order valence-electron chi connectivity index (χ2n) is 11.6. The molecule has 0 saturated heterocycles. The van der Waals surface area contributed by atoms with Gasteiger partial charge in [0.25, 0.3) is 5.69 Å². The number of hydrogen-bond donors (Lipinski definition) is 2. The number of hydrogen-bond acceptors (Lipinski definition) is 8. The largest absolute Gasteiger partial charge is 0.312 e. The van der Waals surface area contributed by atoms with E-state index in [0.29, 0.717) is 13.1 Å². The standard InChI is InChI=1S/C37H39N5O2S2/c1-37(22-29-16-18-34(19-17-29)42(43)44,27-38-23-32-14-8-20-40-35(32)45-25-30-10-4-2-5-11-30)28-39-24-33-15-9-21-41-36(33)46-26-31-12-6-3-7-13-31/h2-21,38-39H,22-28H2,1H3. The molecule has 0 atom stereocenters. The van der Waals surface area contributed by atoms with Crippen LogP contribution >= 0.6 is 23.5 Å². The van der Waals surface area contributed by atoms with Gasteiger partial charge in [0.2, 0.25) is 0 Å². The summed E-state index contributed by atoms with van der Waals surface area (Å²) in [7, 11) is 0. The highest BCUT2D eigenvalue weighted by Crippen LogP contribution is 2.27. The summed E-state index contributed by atoms with van der Waals surface area (Å²) in [4.78, 5) is 20.2. The Labute approximate surface area is 279 Å². The molecule has 0 unspecified atom stereocenters. The molecule has 0 aliphatic rings. The van der Waals surface area contributed by atoms with Crippen LogP contribution < -0.4 is 10.6 Å². The minimum Gasteiger partial charge on any atom is -0.312 e. The predicted molar refractivity (Wildman–Crippen MR) is 189 cm³/mol. The van der Waals surface area contributed by atoms with Crippen molar-refractivity contribution in [3.63, 3.8) is 0 Å². The molecular formula is C37H39N5O2S2. The first kappa shape index (κ1) is 33.3. The van der Waals surface area contributed by atoms with Gasteiger partial charge >= 0.3 is 0 Å². The zero-order valence-electron chi connectivity index (χ0n) is 26.0. The van der Waals surface area contributed by atoms with Gasteiger partial charge in [-0.3, -0.25) is 10.1 Å². The molecule has 0 spiro atoms. The van der Waals surface area contributed by atoms with Crippen LogP contribution in [0.4, 0.5) is 5.69 Å². The van der Waals surface area contributed by atoms with Crippen LogP contribution in [-0.4, -0.2) is 28.0 Å². The van der Waals surface area contributed by atoms with E-state index in [1.54, 1.807) is 35.7 Å². The summed E-state index contributed by atoms with van der Waals surface area (Å²) < 4.78 is 0. The van der Waals surface area contributed by atoms with Crippen molar-refractivity contribution in [1.29, 1.82) is 0 Å². The molecule has 0 amide bonds. The third kappa shape index (κ3) is 10.3. The maximum absolute atomic E-state index is 11.2. The van der Waals surface area contributed by atoms with E-state index in [9.17, 15) is 10.1 Å². The molecule has 7 nitrogen and oxygen atoms in total. The Morgan fingerprint density at radius 3 is 1.59 bits per heavy atom. The maximum Gasteiger partial charge on any atom is 0.269 e. The SMILES string of the molecule is CC(CNCc1cccnc1SCc1ccccc1)(CNCc1cccnc1SCc1ccccc1)Cc1ccc([N+](=O)[O-])cc1. The molecule has 2 aromatic heterocycles. The van der Waals surface area contributed by atoms with Crippen molar-refractivity contribution >= 4 is 29.2 Å². The molecular weight excluding hydrogens is 611 g/mol. The molecule has 5 aromatic rings. The number of thioether (sulfide) groups is 2. The van der Waals surface area contributed by atoms with Crippen molar-refractivity contribution < 1.29 is 4.92 Å². The first-order valence-corrected chi connectivity index (χ1v) is 17.3. The van der Waals surface area contributed by atoms with Crippen molar-refractivity contribution in [2.75, 3.05) is 13.1 Å². The Balaban J connectivity index is 1.23. The van der Waals surface area contributed by atoms with Gasteiger partial charge in [0.05, 0.1) is 4.92 Å². The Hall–Kier alpha value is -4.02. The maximum atomic E-state index is 11.2. The fourth-order valence-corrected chi connectivity index (χ4v) is 7.16. The number of aromatic nitrogens is 2. The van der Waals surface area contributed by atoms with Crippen LogP contribution in [0.15, 0.2) is 132 Å². The first-order chi connectivity index (χ1) is 22.5. The van der Waals surface area contributed by atoms with E-state index in [1.165, 1.54) is 22.3 Å². The van der Waals surface area contributed by atoms with E-state index in [-0.39, 0.29) is 16.0 Å². The van der Waals surface area contributed by atoms with Gasteiger partial charge in [0, 0.05) is 62.2 Å². The average molecular weight is 650 g/mol. The van der Waals surface area contributed by atoms with Crippen LogP contribution in [0, 0.1) is 15.5 Å². The summed E-state index contributed by atoms with van der Waals surface area (Å²) in [5, 5.41) is 20.7. The van der Waals surface area contributed by atoms with Gasteiger partial charge in [0.1, 0.15) is 10.1 Å². The molecule has 0 saturated carbocycles. The number of nitro benzene ring substituents is 1. The van der Waals surface area contributed by atoms with Crippen LogP contribution in [-0.2, 0) is 31.0 Å². The third-order valence-electron chi connectivity index (χ3n) is 7.65. The molecule has 0 radical (unpaired) electrons. The molecule has 3 aromatic carbocycles. The van der Waals surface area contributed by atoms with Crippen LogP contribution in [0.1, 0.15) is 34.7 Å². The minimum absolute atomic E-state index is 0.107. The molecule has 0 bridgehead atoms. The summed E-state index contributed by atoms with van der Waals surface area (Å²) in [6.45, 7) is 5.15. The summed E-state index contributed by atoms with van der Waals surface area (Å²) >= 11 is 3.51. The van der Waals surface area contributed by atoms with Crippen molar-refractivity contribution in [3.05, 3.63) is 160 Å². The lowest BCUT2D eigenvalue weighted by atomic mass is 9.83. The fourth-order valence-electron chi connectivity index (χ4n) is 5.24. The van der Waals surface area contributed by atoms with Gasteiger partial charge in [-0.2, -0.15) is 0 Å². The van der Waals surface area contributed by atoms with Gasteiger partial charge in [-0.25, -0.2) is 9.97 Å².